The summed E-state index contributed by atoms with van der Waals surface area (Å²) in [6, 6.07) is 12.2. The molecule has 0 aliphatic rings. The Labute approximate surface area is 145 Å². The van der Waals surface area contributed by atoms with E-state index in [1.807, 2.05) is 24.3 Å². The number of carbonyl (C=O) groups excluding carboxylic acids is 2. The zero-order chi connectivity index (χ0) is 17.4. The number of amides is 1. The van der Waals surface area contributed by atoms with Crippen LogP contribution in [0, 0.1) is 0 Å². The van der Waals surface area contributed by atoms with Crippen molar-refractivity contribution in [2.24, 2.45) is 0 Å². The number of carbonyl (C=O) groups is 2. The lowest BCUT2D eigenvalue weighted by Gasteiger charge is -2.11. The molecule has 0 fully saturated rings. The first-order chi connectivity index (χ1) is 11.6. The van der Waals surface area contributed by atoms with Crippen LogP contribution in [0.5, 0.6) is 11.5 Å². The van der Waals surface area contributed by atoms with E-state index >= 15 is 0 Å². The third kappa shape index (κ3) is 5.28. The molecule has 0 atom stereocenters. The van der Waals surface area contributed by atoms with Crippen LogP contribution in [0.3, 0.4) is 0 Å². The van der Waals surface area contributed by atoms with Gasteiger partial charge in [-0.15, -0.1) is 0 Å². The lowest BCUT2D eigenvalue weighted by Crippen LogP contribution is -2.30. The van der Waals surface area contributed by atoms with E-state index in [1.54, 1.807) is 12.1 Å². The molecule has 6 heteroatoms. The first kappa shape index (κ1) is 17.8. The highest BCUT2D eigenvalue weighted by Gasteiger charge is 2.08. The molecule has 1 N–H and O–H groups in total. The molecule has 0 radical (unpaired) electrons. The fourth-order valence-corrected chi connectivity index (χ4v) is 2.20. The van der Waals surface area contributed by atoms with Gasteiger partial charge in [0.05, 0.1) is 7.11 Å². The molecule has 2 aromatic rings. The van der Waals surface area contributed by atoms with Gasteiger partial charge in [0.2, 0.25) is 0 Å². The molecule has 0 aliphatic heterocycles. The van der Waals surface area contributed by atoms with Crippen LogP contribution in [-0.2, 0) is 11.2 Å². The monoisotopic (exact) mass is 347 g/mol. The summed E-state index contributed by atoms with van der Waals surface area (Å²) in [5, 5.41) is 3.46. The fourth-order valence-electron chi connectivity index (χ4n) is 2.07. The van der Waals surface area contributed by atoms with Crippen molar-refractivity contribution in [2.45, 2.75) is 6.42 Å². The number of aldehydes is 1. The number of hydrogen-bond donors (Lipinski definition) is 1. The van der Waals surface area contributed by atoms with E-state index in [1.165, 1.54) is 13.2 Å². The van der Waals surface area contributed by atoms with Gasteiger partial charge in [0.1, 0.15) is 6.29 Å². The zero-order valence-electron chi connectivity index (χ0n) is 13.3. The maximum absolute atomic E-state index is 11.8. The van der Waals surface area contributed by atoms with Crippen LogP contribution >= 0.6 is 11.6 Å². The minimum absolute atomic E-state index is 0.153. The summed E-state index contributed by atoms with van der Waals surface area (Å²) in [6.07, 6.45) is 1.41. The highest BCUT2D eigenvalue weighted by atomic mass is 35.5. The summed E-state index contributed by atoms with van der Waals surface area (Å²) >= 11 is 5.82. The maximum atomic E-state index is 11.8. The molecule has 2 aromatic carbocycles. The van der Waals surface area contributed by atoms with Crippen LogP contribution in [0.4, 0.5) is 0 Å². The molecule has 126 valence electrons. The van der Waals surface area contributed by atoms with Gasteiger partial charge in [-0.3, -0.25) is 9.59 Å². The van der Waals surface area contributed by atoms with Crippen LogP contribution in [0.1, 0.15) is 15.9 Å². The van der Waals surface area contributed by atoms with Crippen molar-refractivity contribution in [2.75, 3.05) is 20.3 Å². The highest BCUT2D eigenvalue weighted by molar-refractivity contribution is 6.30. The van der Waals surface area contributed by atoms with E-state index in [-0.39, 0.29) is 12.5 Å². The molecule has 24 heavy (non-hydrogen) atoms. The van der Waals surface area contributed by atoms with Gasteiger partial charge in [0.15, 0.2) is 18.1 Å². The fraction of sp³-hybridized carbons (Fsp3) is 0.222. The highest BCUT2D eigenvalue weighted by Crippen LogP contribution is 2.27. The standard InChI is InChI=1S/C18H18ClNO4/c1-23-16-7-4-14(11-21)10-17(16)24-12-18(22)20-9-8-13-2-5-15(19)6-3-13/h2-7,10-11H,8-9,12H2,1H3,(H,20,22). The summed E-state index contributed by atoms with van der Waals surface area (Å²) in [7, 11) is 1.50. The van der Waals surface area contributed by atoms with Crippen molar-refractivity contribution in [3.05, 3.63) is 58.6 Å². The second-order valence-electron chi connectivity index (χ2n) is 5.04. The quantitative estimate of drug-likeness (QED) is 0.746. The predicted octanol–water partition coefficient (Wildman–Crippen LogP) is 2.90. The first-order valence-corrected chi connectivity index (χ1v) is 7.77. The van der Waals surface area contributed by atoms with Crippen LogP contribution in [-0.4, -0.2) is 32.5 Å². The van der Waals surface area contributed by atoms with Gasteiger partial charge in [-0.1, -0.05) is 23.7 Å². The van der Waals surface area contributed by atoms with Gasteiger partial charge >= 0.3 is 0 Å². The molecule has 0 saturated heterocycles. The summed E-state index contributed by atoms with van der Waals surface area (Å²) < 4.78 is 10.6. The van der Waals surface area contributed by atoms with E-state index in [0.717, 1.165) is 5.56 Å². The largest absolute Gasteiger partial charge is 0.493 e. The molecular formula is C18H18ClNO4. The molecule has 2 rings (SSSR count). The van der Waals surface area contributed by atoms with Crippen molar-refractivity contribution in [3.8, 4) is 11.5 Å². The van der Waals surface area contributed by atoms with Crippen molar-refractivity contribution in [1.29, 1.82) is 0 Å². The summed E-state index contributed by atoms with van der Waals surface area (Å²) in [5.41, 5.74) is 1.54. The second-order valence-corrected chi connectivity index (χ2v) is 5.48. The Morgan fingerprint density at radius 2 is 1.92 bits per heavy atom. The van der Waals surface area contributed by atoms with E-state index < -0.39 is 0 Å². The molecule has 0 aromatic heterocycles. The lowest BCUT2D eigenvalue weighted by atomic mass is 10.1. The smallest absolute Gasteiger partial charge is 0.257 e. The Hall–Kier alpha value is -2.53. The molecule has 1 amide bonds. The Morgan fingerprint density at radius 3 is 2.58 bits per heavy atom. The summed E-state index contributed by atoms with van der Waals surface area (Å²) in [6.45, 7) is 0.342. The van der Waals surface area contributed by atoms with Crippen molar-refractivity contribution < 1.29 is 19.1 Å². The van der Waals surface area contributed by atoms with Gasteiger partial charge in [-0.05, 0) is 42.3 Å². The molecule has 0 aliphatic carbocycles. The molecule has 5 nitrogen and oxygen atoms in total. The van der Waals surface area contributed by atoms with Crippen LogP contribution < -0.4 is 14.8 Å². The number of benzene rings is 2. The van der Waals surface area contributed by atoms with Gasteiger partial charge < -0.3 is 14.8 Å². The van der Waals surface area contributed by atoms with Crippen LogP contribution in [0.2, 0.25) is 5.02 Å². The van der Waals surface area contributed by atoms with E-state index in [9.17, 15) is 9.59 Å². The number of nitrogens with one attached hydrogen (secondary N) is 1. The average Bonchev–Trinajstić information content (AvgIpc) is 2.61. The molecule has 0 bridgehead atoms. The molecular weight excluding hydrogens is 330 g/mol. The van der Waals surface area contributed by atoms with Crippen LogP contribution in [0.15, 0.2) is 42.5 Å². The first-order valence-electron chi connectivity index (χ1n) is 7.39. The minimum atomic E-state index is -0.248. The number of ether oxygens (including phenoxy) is 2. The number of methoxy groups -OCH3 is 1. The van der Waals surface area contributed by atoms with Gasteiger partial charge in [-0.2, -0.15) is 0 Å². The van der Waals surface area contributed by atoms with Crippen LogP contribution in [0.25, 0.3) is 0 Å². The van der Waals surface area contributed by atoms with Gasteiger partial charge in [-0.25, -0.2) is 0 Å². The number of halogens is 1. The van der Waals surface area contributed by atoms with Crippen molar-refractivity contribution in [1.82, 2.24) is 5.32 Å². The van der Waals surface area contributed by atoms with E-state index in [2.05, 4.69) is 5.32 Å². The second kappa shape index (κ2) is 8.93. The van der Waals surface area contributed by atoms with Gasteiger partial charge in [0.25, 0.3) is 5.91 Å². The normalized spacial score (nSPS) is 10.1. The zero-order valence-corrected chi connectivity index (χ0v) is 14.0. The van der Waals surface area contributed by atoms with Gasteiger partial charge in [0, 0.05) is 17.1 Å². The Kier molecular flexibility index (Phi) is 6.63. The SMILES string of the molecule is COc1ccc(C=O)cc1OCC(=O)NCCc1ccc(Cl)cc1. The number of rotatable bonds is 8. The van der Waals surface area contributed by atoms with Crippen molar-refractivity contribution in [3.63, 3.8) is 0 Å². The Balaban J connectivity index is 1.80. The molecule has 0 spiro atoms. The Bertz CT molecular complexity index is 701. The van der Waals surface area contributed by atoms with E-state index in [4.69, 9.17) is 21.1 Å². The minimum Gasteiger partial charge on any atom is -0.493 e. The third-order valence-electron chi connectivity index (χ3n) is 3.33. The summed E-state index contributed by atoms with van der Waals surface area (Å²) in [4.78, 5) is 22.7. The van der Waals surface area contributed by atoms with Crippen molar-refractivity contribution >= 4 is 23.8 Å². The lowest BCUT2D eigenvalue weighted by molar-refractivity contribution is -0.123. The van der Waals surface area contributed by atoms with E-state index in [0.29, 0.717) is 41.3 Å². The third-order valence-corrected chi connectivity index (χ3v) is 3.58. The molecule has 0 unspecified atom stereocenters. The Morgan fingerprint density at radius 1 is 1.17 bits per heavy atom. The molecule has 0 heterocycles. The summed E-state index contributed by atoms with van der Waals surface area (Å²) in [5.74, 6) is 0.576. The topological polar surface area (TPSA) is 64.6 Å². The maximum Gasteiger partial charge on any atom is 0.257 e. The molecule has 0 saturated carbocycles. The number of hydrogen-bond acceptors (Lipinski definition) is 4. The predicted molar refractivity (Wildman–Crippen MR) is 92.0 cm³/mol. The average molecular weight is 348 g/mol.